The second-order valence-electron chi connectivity index (χ2n) is 8.03. The van der Waals surface area contributed by atoms with Crippen molar-refractivity contribution in [3.63, 3.8) is 0 Å². The van der Waals surface area contributed by atoms with Crippen molar-refractivity contribution in [3.8, 4) is 5.75 Å². The third kappa shape index (κ3) is 4.54. The number of benzene rings is 2. The van der Waals surface area contributed by atoms with Crippen molar-refractivity contribution in [2.24, 2.45) is 0 Å². The number of thiazole rings is 1. The van der Waals surface area contributed by atoms with Crippen LogP contribution in [0.15, 0.2) is 52.5 Å². The SMILES string of the molecule is CCOC(=O)c1sc(N2C(=O)C(=O)/C(=C(/O)c3ccc(OC)cc3C)[C@H]2c2ccc(Br)cc2)nc1C. The largest absolute Gasteiger partial charge is 0.507 e. The van der Waals surface area contributed by atoms with Crippen LogP contribution in [0.2, 0.25) is 0 Å². The number of halogens is 1. The van der Waals surface area contributed by atoms with E-state index in [1.165, 1.54) is 12.0 Å². The molecule has 1 N–H and O–H groups in total. The molecule has 2 heterocycles. The van der Waals surface area contributed by atoms with Gasteiger partial charge in [-0.25, -0.2) is 9.78 Å². The standard InChI is InChI=1S/C26H23BrN2O6S/c1-5-35-25(33)23-14(3)28-26(36-23)29-20(15-6-8-16(27)9-7-15)19(22(31)24(29)32)21(30)18-11-10-17(34-4)12-13(18)2/h6-12,20,30H,5H2,1-4H3/b21-19+/t20-/m1/s1. The Labute approximate surface area is 220 Å². The molecule has 2 aromatic carbocycles. The molecule has 1 aromatic heterocycles. The number of aliphatic hydroxyl groups excluding tert-OH is 1. The molecule has 1 atom stereocenters. The van der Waals surface area contributed by atoms with Crippen LogP contribution in [0.3, 0.4) is 0 Å². The third-order valence-electron chi connectivity index (χ3n) is 5.77. The summed E-state index contributed by atoms with van der Waals surface area (Å²) in [6.07, 6.45) is 0. The lowest BCUT2D eigenvalue weighted by Gasteiger charge is -2.23. The molecule has 186 valence electrons. The van der Waals surface area contributed by atoms with E-state index in [4.69, 9.17) is 9.47 Å². The van der Waals surface area contributed by atoms with Crippen molar-refractivity contribution >= 4 is 55.8 Å². The molecule has 4 rings (SSSR count). The summed E-state index contributed by atoms with van der Waals surface area (Å²) in [5, 5.41) is 11.5. The molecule has 0 unspecified atom stereocenters. The highest BCUT2D eigenvalue weighted by atomic mass is 79.9. The van der Waals surface area contributed by atoms with Crippen molar-refractivity contribution in [1.82, 2.24) is 4.98 Å². The molecule has 1 saturated heterocycles. The first-order valence-electron chi connectivity index (χ1n) is 11.0. The molecule has 1 fully saturated rings. The van der Waals surface area contributed by atoms with Crippen LogP contribution in [-0.4, -0.2) is 41.5 Å². The van der Waals surface area contributed by atoms with Gasteiger partial charge in [0.05, 0.1) is 31.0 Å². The number of amides is 1. The van der Waals surface area contributed by atoms with Gasteiger partial charge in [0.15, 0.2) is 5.13 Å². The Morgan fingerprint density at radius 3 is 2.47 bits per heavy atom. The van der Waals surface area contributed by atoms with E-state index in [9.17, 15) is 19.5 Å². The number of ketones is 1. The van der Waals surface area contributed by atoms with Crippen molar-refractivity contribution in [3.05, 3.63) is 79.8 Å². The maximum atomic E-state index is 13.4. The first kappa shape index (κ1) is 25.6. The molecule has 0 aliphatic carbocycles. The highest BCUT2D eigenvalue weighted by Gasteiger charge is 2.48. The minimum atomic E-state index is -0.958. The minimum Gasteiger partial charge on any atom is -0.507 e. The number of anilines is 1. The van der Waals surface area contributed by atoms with E-state index in [0.717, 1.165) is 15.8 Å². The van der Waals surface area contributed by atoms with Crippen LogP contribution in [0.1, 0.15) is 45.0 Å². The lowest BCUT2D eigenvalue weighted by atomic mass is 9.94. The zero-order chi connectivity index (χ0) is 26.1. The number of nitrogens with zero attached hydrogens (tertiary/aromatic N) is 2. The van der Waals surface area contributed by atoms with Gasteiger partial charge >= 0.3 is 11.9 Å². The fourth-order valence-electron chi connectivity index (χ4n) is 4.04. The van der Waals surface area contributed by atoms with Gasteiger partial charge in [0.25, 0.3) is 5.78 Å². The van der Waals surface area contributed by atoms with E-state index in [-0.39, 0.29) is 27.9 Å². The van der Waals surface area contributed by atoms with E-state index >= 15 is 0 Å². The van der Waals surface area contributed by atoms with Crippen molar-refractivity contribution < 1.29 is 29.0 Å². The molecular formula is C26H23BrN2O6S. The quantitative estimate of drug-likeness (QED) is 0.184. The number of Topliss-reactive ketones (excluding diaryl/α,β-unsaturated/α-hetero) is 1. The predicted molar refractivity (Wildman–Crippen MR) is 139 cm³/mol. The van der Waals surface area contributed by atoms with Crippen LogP contribution in [0.5, 0.6) is 5.75 Å². The van der Waals surface area contributed by atoms with Gasteiger partial charge in [-0.3, -0.25) is 14.5 Å². The number of carbonyl (C=O) groups is 3. The van der Waals surface area contributed by atoms with Crippen LogP contribution in [0, 0.1) is 13.8 Å². The van der Waals surface area contributed by atoms with E-state index in [1.54, 1.807) is 63.2 Å². The van der Waals surface area contributed by atoms with Gasteiger partial charge in [0.1, 0.15) is 16.4 Å². The summed E-state index contributed by atoms with van der Waals surface area (Å²) in [6.45, 7) is 5.30. The molecule has 0 bridgehead atoms. The number of esters is 1. The topological polar surface area (TPSA) is 106 Å². The molecule has 1 amide bonds. The lowest BCUT2D eigenvalue weighted by Crippen LogP contribution is -2.29. The average molecular weight is 571 g/mol. The van der Waals surface area contributed by atoms with Crippen LogP contribution >= 0.6 is 27.3 Å². The van der Waals surface area contributed by atoms with Gasteiger partial charge < -0.3 is 14.6 Å². The number of carbonyl (C=O) groups excluding carboxylic acids is 3. The molecule has 3 aromatic rings. The Hall–Kier alpha value is -3.50. The van der Waals surface area contributed by atoms with Crippen LogP contribution < -0.4 is 9.64 Å². The summed E-state index contributed by atoms with van der Waals surface area (Å²) in [5.74, 6) is -1.95. The molecule has 8 nitrogen and oxygen atoms in total. The molecule has 0 saturated carbocycles. The molecule has 0 radical (unpaired) electrons. The molecule has 36 heavy (non-hydrogen) atoms. The van der Waals surface area contributed by atoms with Gasteiger partial charge in [-0.15, -0.1) is 0 Å². The Morgan fingerprint density at radius 1 is 1.17 bits per heavy atom. The first-order valence-corrected chi connectivity index (χ1v) is 12.6. The van der Waals surface area contributed by atoms with Crippen molar-refractivity contribution in [2.45, 2.75) is 26.8 Å². The second-order valence-corrected chi connectivity index (χ2v) is 9.93. The van der Waals surface area contributed by atoms with Crippen molar-refractivity contribution in [1.29, 1.82) is 0 Å². The van der Waals surface area contributed by atoms with Crippen LogP contribution in [-0.2, 0) is 14.3 Å². The van der Waals surface area contributed by atoms with Crippen LogP contribution in [0.4, 0.5) is 5.13 Å². The maximum Gasteiger partial charge on any atom is 0.350 e. The summed E-state index contributed by atoms with van der Waals surface area (Å²) >= 11 is 4.37. The van der Waals surface area contributed by atoms with E-state index in [0.29, 0.717) is 28.1 Å². The minimum absolute atomic E-state index is 0.0684. The van der Waals surface area contributed by atoms with Crippen molar-refractivity contribution in [2.75, 3.05) is 18.6 Å². The van der Waals surface area contributed by atoms with Gasteiger partial charge in [0.2, 0.25) is 0 Å². The zero-order valence-corrected chi connectivity index (χ0v) is 22.4. The third-order valence-corrected chi connectivity index (χ3v) is 7.44. The highest BCUT2D eigenvalue weighted by Crippen LogP contribution is 2.44. The fraction of sp³-hybridized carbons (Fsp3) is 0.231. The molecule has 1 aliphatic heterocycles. The normalized spacial score (nSPS) is 16.9. The molecule has 0 spiro atoms. The first-order chi connectivity index (χ1) is 17.2. The zero-order valence-electron chi connectivity index (χ0n) is 20.0. The van der Waals surface area contributed by atoms with E-state index in [2.05, 4.69) is 20.9 Å². The molecular weight excluding hydrogens is 548 g/mol. The van der Waals surface area contributed by atoms with Gasteiger partial charge in [-0.1, -0.05) is 39.4 Å². The van der Waals surface area contributed by atoms with Crippen LogP contribution in [0.25, 0.3) is 5.76 Å². The summed E-state index contributed by atoms with van der Waals surface area (Å²) in [4.78, 5) is 45.0. The maximum absolute atomic E-state index is 13.4. The Morgan fingerprint density at radius 2 is 1.86 bits per heavy atom. The number of ether oxygens (including phenoxy) is 2. The Kier molecular flexibility index (Phi) is 7.28. The summed E-state index contributed by atoms with van der Waals surface area (Å²) in [6, 6.07) is 11.2. The molecule has 10 heteroatoms. The van der Waals surface area contributed by atoms with Gasteiger partial charge in [0, 0.05) is 10.0 Å². The number of aromatic nitrogens is 1. The molecule has 1 aliphatic rings. The smallest absolute Gasteiger partial charge is 0.350 e. The number of aliphatic hydroxyl groups is 1. The summed E-state index contributed by atoms with van der Waals surface area (Å²) in [7, 11) is 1.54. The number of hydrogen-bond acceptors (Lipinski definition) is 8. The van der Waals surface area contributed by atoms with E-state index < -0.39 is 23.7 Å². The predicted octanol–water partition coefficient (Wildman–Crippen LogP) is 5.33. The number of methoxy groups -OCH3 is 1. The average Bonchev–Trinajstić information content (AvgIpc) is 3.36. The monoisotopic (exact) mass is 570 g/mol. The van der Waals surface area contributed by atoms with Gasteiger partial charge in [-0.05, 0) is 62.2 Å². The second kappa shape index (κ2) is 10.2. The van der Waals surface area contributed by atoms with E-state index in [1.807, 2.05) is 0 Å². The Balaban J connectivity index is 1.92. The van der Waals surface area contributed by atoms with Gasteiger partial charge in [-0.2, -0.15) is 0 Å². The number of aryl methyl sites for hydroxylation is 2. The summed E-state index contributed by atoms with van der Waals surface area (Å²) < 4.78 is 11.2. The Bertz CT molecular complexity index is 1400. The highest BCUT2D eigenvalue weighted by molar-refractivity contribution is 9.10. The summed E-state index contributed by atoms with van der Waals surface area (Å²) in [5.41, 5.74) is 1.98. The number of rotatable bonds is 6. The fourth-order valence-corrected chi connectivity index (χ4v) is 5.29. The number of hydrogen-bond donors (Lipinski definition) is 1. The lowest BCUT2D eigenvalue weighted by molar-refractivity contribution is -0.132.